The van der Waals surface area contributed by atoms with Gasteiger partial charge in [0.1, 0.15) is 0 Å². The number of amides is 1. The van der Waals surface area contributed by atoms with E-state index >= 15 is 0 Å². The van der Waals surface area contributed by atoms with E-state index in [9.17, 15) is 9.90 Å². The van der Waals surface area contributed by atoms with Crippen molar-refractivity contribution in [2.75, 3.05) is 0 Å². The summed E-state index contributed by atoms with van der Waals surface area (Å²) in [5, 5.41) is 10.8. The Morgan fingerprint density at radius 1 is 1.25 bits per heavy atom. The van der Waals surface area contributed by atoms with Crippen molar-refractivity contribution < 1.29 is 9.90 Å². The fourth-order valence-corrected chi connectivity index (χ4v) is 4.37. The molecule has 2 atom stereocenters. The number of carbonyl (C=O) groups is 1. The predicted octanol–water partition coefficient (Wildman–Crippen LogP) is 3.73. The summed E-state index contributed by atoms with van der Waals surface area (Å²) in [6.07, 6.45) is 3.01. The third-order valence-electron chi connectivity index (χ3n) is 4.17. The average Bonchev–Trinajstić information content (AvgIpc) is 2.65. The lowest BCUT2D eigenvalue weighted by molar-refractivity contribution is 0.0286. The maximum Gasteiger partial charge on any atom is 0.255 e. The van der Waals surface area contributed by atoms with Crippen molar-refractivity contribution in [3.63, 3.8) is 0 Å². The second-order valence-electron chi connectivity index (χ2n) is 5.47. The van der Waals surface area contributed by atoms with Crippen molar-refractivity contribution in [2.24, 2.45) is 0 Å². The number of rotatable bonds is 1. The van der Waals surface area contributed by atoms with Crippen LogP contribution in [0.4, 0.5) is 0 Å². The molecule has 108 valence electrons. The first kappa shape index (κ1) is 14.9. The minimum absolute atomic E-state index is 0.0156. The van der Waals surface area contributed by atoms with Crippen LogP contribution < -0.4 is 0 Å². The van der Waals surface area contributed by atoms with Gasteiger partial charge in [-0.05, 0) is 60.4 Å². The van der Waals surface area contributed by atoms with Gasteiger partial charge in [0.05, 0.1) is 16.7 Å². The standard InChI is InChI=1S/C14H14Cl2INO2/c15-7-3-11(13(17)12(16)4-7)14(20)18-8-1-2-9(18)6-10(19)5-8/h3-4,8-10,19H,1-2,5-6H2. The molecular formula is C14H14Cl2INO2. The van der Waals surface area contributed by atoms with E-state index in [-0.39, 0.29) is 24.1 Å². The molecule has 3 nitrogen and oxygen atoms in total. The van der Waals surface area contributed by atoms with Crippen LogP contribution in [0.5, 0.6) is 0 Å². The smallest absolute Gasteiger partial charge is 0.255 e. The minimum atomic E-state index is -0.279. The fourth-order valence-electron chi connectivity index (χ4n) is 3.33. The van der Waals surface area contributed by atoms with E-state index < -0.39 is 0 Å². The lowest BCUT2D eigenvalue weighted by Gasteiger charge is -2.37. The Morgan fingerprint density at radius 3 is 2.45 bits per heavy atom. The third kappa shape index (κ3) is 2.56. The highest BCUT2D eigenvalue weighted by molar-refractivity contribution is 14.1. The minimum Gasteiger partial charge on any atom is -0.393 e. The van der Waals surface area contributed by atoms with E-state index in [0.717, 1.165) is 16.4 Å². The Kier molecular flexibility index (Phi) is 4.19. The van der Waals surface area contributed by atoms with E-state index in [1.165, 1.54) is 0 Å². The molecule has 2 fully saturated rings. The molecule has 1 aromatic rings. The van der Waals surface area contributed by atoms with E-state index in [0.29, 0.717) is 28.5 Å². The van der Waals surface area contributed by atoms with Crippen molar-refractivity contribution >= 4 is 51.7 Å². The van der Waals surface area contributed by atoms with Crippen LogP contribution >= 0.6 is 45.8 Å². The fraction of sp³-hybridized carbons (Fsp3) is 0.500. The molecule has 1 amide bonds. The van der Waals surface area contributed by atoms with E-state index in [2.05, 4.69) is 22.6 Å². The van der Waals surface area contributed by atoms with E-state index in [4.69, 9.17) is 23.2 Å². The number of aliphatic hydroxyl groups excluding tert-OH is 1. The zero-order valence-corrected chi connectivity index (χ0v) is 14.3. The number of fused-ring (bicyclic) bond motifs is 2. The second kappa shape index (κ2) is 5.63. The van der Waals surface area contributed by atoms with Crippen LogP contribution in [0, 0.1) is 3.57 Å². The number of benzene rings is 1. The third-order valence-corrected chi connectivity index (χ3v) is 6.16. The number of aliphatic hydroxyl groups is 1. The van der Waals surface area contributed by atoms with Crippen molar-refractivity contribution in [3.05, 3.63) is 31.3 Å². The Hall–Kier alpha value is -0.0400. The number of carbonyl (C=O) groups excluding carboxylic acids is 1. The summed E-state index contributed by atoms with van der Waals surface area (Å²) < 4.78 is 0.740. The zero-order valence-electron chi connectivity index (χ0n) is 10.7. The molecule has 3 rings (SSSR count). The topological polar surface area (TPSA) is 40.5 Å². The van der Waals surface area contributed by atoms with Gasteiger partial charge in [-0.25, -0.2) is 0 Å². The highest BCUT2D eigenvalue weighted by atomic mass is 127. The van der Waals surface area contributed by atoms with Gasteiger partial charge in [-0.3, -0.25) is 4.79 Å². The summed E-state index contributed by atoms with van der Waals surface area (Å²) in [7, 11) is 0. The Balaban J connectivity index is 1.94. The Morgan fingerprint density at radius 2 is 1.85 bits per heavy atom. The molecule has 1 N–H and O–H groups in total. The summed E-state index contributed by atoms with van der Waals surface area (Å²) in [6, 6.07) is 3.62. The molecule has 6 heteroatoms. The SMILES string of the molecule is O=C(c1cc(Cl)cc(Cl)c1I)N1C2CCC1CC(O)C2. The molecule has 2 heterocycles. The van der Waals surface area contributed by atoms with E-state index in [1.54, 1.807) is 12.1 Å². The number of nitrogens with zero attached hydrogens (tertiary/aromatic N) is 1. The van der Waals surface area contributed by atoms with Crippen molar-refractivity contribution in [1.82, 2.24) is 4.90 Å². The van der Waals surface area contributed by atoms with Gasteiger partial charge < -0.3 is 10.0 Å². The highest BCUT2D eigenvalue weighted by Gasteiger charge is 2.43. The first-order valence-corrected chi connectivity index (χ1v) is 8.46. The van der Waals surface area contributed by atoms with Crippen LogP contribution in [0.15, 0.2) is 12.1 Å². The van der Waals surface area contributed by atoms with E-state index in [1.807, 2.05) is 4.90 Å². The molecular weight excluding hydrogens is 412 g/mol. The molecule has 2 aliphatic heterocycles. The zero-order chi connectivity index (χ0) is 14.4. The van der Waals surface area contributed by atoms with Gasteiger partial charge in [0, 0.05) is 20.7 Å². The Labute approximate surface area is 141 Å². The number of halogens is 3. The molecule has 2 saturated heterocycles. The lowest BCUT2D eigenvalue weighted by atomic mass is 9.99. The maximum atomic E-state index is 12.8. The van der Waals surface area contributed by atoms with Crippen LogP contribution in [0.3, 0.4) is 0 Å². The van der Waals surface area contributed by atoms with Crippen LogP contribution in [-0.2, 0) is 0 Å². The van der Waals surface area contributed by atoms with Gasteiger partial charge in [-0.1, -0.05) is 23.2 Å². The van der Waals surface area contributed by atoms with Gasteiger partial charge in [0.2, 0.25) is 0 Å². The normalized spacial score (nSPS) is 28.8. The summed E-state index contributed by atoms with van der Waals surface area (Å²) in [5.41, 5.74) is 0.566. The quantitative estimate of drug-likeness (QED) is 0.550. The largest absolute Gasteiger partial charge is 0.393 e. The van der Waals surface area contributed by atoms with Crippen LogP contribution in [0.25, 0.3) is 0 Å². The number of hydrogen-bond donors (Lipinski definition) is 1. The van der Waals surface area contributed by atoms with Crippen LogP contribution in [0.1, 0.15) is 36.0 Å². The number of hydrogen-bond acceptors (Lipinski definition) is 2. The summed E-state index contributed by atoms with van der Waals surface area (Å²) in [4.78, 5) is 14.7. The molecule has 2 unspecified atom stereocenters. The molecule has 0 aromatic heterocycles. The Bertz CT molecular complexity index is 552. The summed E-state index contributed by atoms with van der Waals surface area (Å²) >= 11 is 14.2. The molecule has 0 saturated carbocycles. The maximum absolute atomic E-state index is 12.8. The first-order chi connectivity index (χ1) is 9.47. The van der Waals surface area contributed by atoms with Crippen molar-refractivity contribution in [1.29, 1.82) is 0 Å². The summed E-state index contributed by atoms with van der Waals surface area (Å²) in [6.45, 7) is 0. The van der Waals surface area contributed by atoms with Gasteiger partial charge in [-0.2, -0.15) is 0 Å². The second-order valence-corrected chi connectivity index (χ2v) is 7.39. The molecule has 2 aliphatic rings. The molecule has 1 aromatic carbocycles. The predicted molar refractivity (Wildman–Crippen MR) is 87.4 cm³/mol. The van der Waals surface area contributed by atoms with Crippen LogP contribution in [-0.4, -0.2) is 34.1 Å². The molecule has 0 spiro atoms. The highest BCUT2D eigenvalue weighted by Crippen LogP contribution is 2.38. The van der Waals surface area contributed by atoms with Gasteiger partial charge in [-0.15, -0.1) is 0 Å². The van der Waals surface area contributed by atoms with Gasteiger partial charge in [0.15, 0.2) is 0 Å². The first-order valence-electron chi connectivity index (χ1n) is 6.62. The molecule has 0 radical (unpaired) electrons. The van der Waals surface area contributed by atoms with Crippen LogP contribution in [0.2, 0.25) is 10.0 Å². The number of piperidine rings is 1. The van der Waals surface area contributed by atoms with Gasteiger partial charge >= 0.3 is 0 Å². The molecule has 20 heavy (non-hydrogen) atoms. The average molecular weight is 426 g/mol. The monoisotopic (exact) mass is 425 g/mol. The molecule has 0 aliphatic carbocycles. The lowest BCUT2D eigenvalue weighted by Crippen LogP contribution is -2.48. The molecule has 2 bridgehead atoms. The van der Waals surface area contributed by atoms with Gasteiger partial charge in [0.25, 0.3) is 5.91 Å². The van der Waals surface area contributed by atoms with Crippen molar-refractivity contribution in [2.45, 2.75) is 43.9 Å². The van der Waals surface area contributed by atoms with Crippen molar-refractivity contribution in [3.8, 4) is 0 Å². The summed E-state index contributed by atoms with van der Waals surface area (Å²) in [5.74, 6) is -0.0156.